The first-order valence-electron chi connectivity index (χ1n) is 17.7. The molecule has 2 N–H and O–H groups in total. The van der Waals surface area contributed by atoms with Gasteiger partial charge in [-0.25, -0.2) is 24.5 Å². The topological polar surface area (TPSA) is 149 Å². The lowest BCUT2D eigenvalue weighted by Gasteiger charge is -2.28. The second-order valence-corrected chi connectivity index (χ2v) is 14.8. The highest BCUT2D eigenvalue weighted by Gasteiger charge is 2.49. The first-order chi connectivity index (χ1) is 26.0. The molecule has 2 amide bonds. The van der Waals surface area contributed by atoms with Crippen molar-refractivity contribution in [3.63, 3.8) is 0 Å². The summed E-state index contributed by atoms with van der Waals surface area (Å²) in [5.41, 5.74) is 4.38. The normalized spacial score (nSPS) is 19.6. The fraction of sp³-hybridized carbons (Fsp3) is 0.368. The van der Waals surface area contributed by atoms with Crippen LogP contribution in [0.1, 0.15) is 30.0 Å². The van der Waals surface area contributed by atoms with Crippen molar-refractivity contribution < 1.29 is 14.3 Å². The summed E-state index contributed by atoms with van der Waals surface area (Å²) in [6.45, 7) is 3.36. The molecule has 2 saturated heterocycles. The number of anilines is 2. The highest BCUT2D eigenvalue weighted by molar-refractivity contribution is 6.39. The van der Waals surface area contributed by atoms with Crippen molar-refractivity contribution in [3.05, 3.63) is 90.8 Å². The van der Waals surface area contributed by atoms with E-state index in [2.05, 4.69) is 31.6 Å². The minimum Gasteiger partial charge on any atom is -0.481 e. The van der Waals surface area contributed by atoms with Gasteiger partial charge in [0.25, 0.3) is 5.56 Å². The van der Waals surface area contributed by atoms with Crippen molar-refractivity contribution >= 4 is 51.8 Å². The summed E-state index contributed by atoms with van der Waals surface area (Å²) in [4.78, 5) is 56.2. The summed E-state index contributed by atoms with van der Waals surface area (Å²) in [5, 5.41) is 7.44. The Morgan fingerprint density at radius 2 is 1.74 bits per heavy atom. The number of nitrogens with zero attached hydrogens (tertiary/aromatic N) is 7. The molecule has 8 rings (SSSR count). The second kappa shape index (κ2) is 14.0. The van der Waals surface area contributed by atoms with E-state index in [-0.39, 0.29) is 34.5 Å². The fourth-order valence-corrected chi connectivity index (χ4v) is 8.80. The van der Waals surface area contributed by atoms with E-state index in [1.807, 2.05) is 35.2 Å². The van der Waals surface area contributed by atoms with Gasteiger partial charge in [0.05, 0.1) is 40.7 Å². The average molecular weight is 773 g/mol. The van der Waals surface area contributed by atoms with Crippen LogP contribution < -0.4 is 26.6 Å². The number of nitrogens with one attached hydrogen (secondary N) is 2. The Hall–Kier alpha value is -5.02. The monoisotopic (exact) mass is 771 g/mol. The van der Waals surface area contributed by atoms with Gasteiger partial charge in [-0.3, -0.25) is 18.8 Å². The first kappa shape index (κ1) is 36.0. The number of fused-ring (bicyclic) bond motifs is 2. The highest BCUT2D eigenvalue weighted by Crippen LogP contribution is 2.47. The van der Waals surface area contributed by atoms with Gasteiger partial charge in [-0.05, 0) is 37.0 Å². The van der Waals surface area contributed by atoms with Crippen molar-refractivity contribution in [2.75, 3.05) is 52.3 Å². The molecule has 5 aromatic rings. The van der Waals surface area contributed by atoms with Crippen LogP contribution in [0.2, 0.25) is 10.0 Å². The summed E-state index contributed by atoms with van der Waals surface area (Å²) in [5.74, 6) is 0.776. The van der Waals surface area contributed by atoms with Crippen LogP contribution in [-0.2, 0) is 25.3 Å². The Morgan fingerprint density at radius 3 is 2.52 bits per heavy atom. The van der Waals surface area contributed by atoms with Gasteiger partial charge in [-0.15, -0.1) is 0 Å². The second-order valence-electron chi connectivity index (χ2n) is 14.1. The summed E-state index contributed by atoms with van der Waals surface area (Å²) in [7, 11) is 6.25. The van der Waals surface area contributed by atoms with E-state index >= 15 is 0 Å². The SMILES string of the molecule is COCCN1C[C@@]2(CCN([C@H]3CCc4cc(-c5cccc(-c6cccc(Nc7ncnc8c7c(=O)n(C)c(=O)n8C)c6Cl)c5Cl)nc(OC)c43)C2)NC1=O. The van der Waals surface area contributed by atoms with Crippen LogP contribution in [0.3, 0.4) is 0 Å². The first-order valence-corrected chi connectivity index (χ1v) is 18.4. The molecule has 0 saturated carbocycles. The molecule has 2 fully saturated rings. The molecule has 0 bridgehead atoms. The van der Waals surface area contributed by atoms with Crippen LogP contribution in [-0.4, -0.2) is 92.5 Å². The van der Waals surface area contributed by atoms with Crippen LogP contribution in [0.25, 0.3) is 33.4 Å². The third-order valence-electron chi connectivity index (χ3n) is 10.9. The Morgan fingerprint density at radius 1 is 0.981 bits per heavy atom. The predicted molar refractivity (Wildman–Crippen MR) is 207 cm³/mol. The summed E-state index contributed by atoms with van der Waals surface area (Å²) in [6, 6.07) is 13.4. The van der Waals surface area contributed by atoms with Crippen LogP contribution >= 0.6 is 23.2 Å². The number of hydrogen-bond donors (Lipinski definition) is 2. The molecule has 1 spiro atoms. The van der Waals surface area contributed by atoms with Crippen molar-refractivity contribution in [2.45, 2.75) is 30.8 Å². The van der Waals surface area contributed by atoms with E-state index in [4.69, 9.17) is 37.7 Å². The fourth-order valence-electron chi connectivity index (χ4n) is 8.20. The Labute approximate surface area is 320 Å². The number of carbonyl (C=O) groups excluding carboxylic acids is 1. The molecular weight excluding hydrogens is 733 g/mol. The van der Waals surface area contributed by atoms with Gasteiger partial charge in [-0.1, -0.05) is 53.5 Å². The molecule has 2 atom stereocenters. The molecule has 280 valence electrons. The molecule has 54 heavy (non-hydrogen) atoms. The number of hydrogen-bond acceptors (Lipinski definition) is 10. The summed E-state index contributed by atoms with van der Waals surface area (Å²) >= 11 is 14.3. The smallest absolute Gasteiger partial charge is 0.332 e. The lowest BCUT2D eigenvalue weighted by molar-refractivity contribution is 0.158. The zero-order valence-corrected chi connectivity index (χ0v) is 31.8. The molecule has 14 nitrogen and oxygen atoms in total. The van der Waals surface area contributed by atoms with Gasteiger partial charge in [0, 0.05) is 75.7 Å². The average Bonchev–Trinajstić information content (AvgIpc) is 3.88. The zero-order valence-electron chi connectivity index (χ0n) is 30.3. The van der Waals surface area contributed by atoms with Crippen LogP contribution in [0.5, 0.6) is 5.88 Å². The predicted octanol–water partition coefficient (Wildman–Crippen LogP) is 4.92. The van der Waals surface area contributed by atoms with E-state index in [0.29, 0.717) is 58.1 Å². The highest BCUT2D eigenvalue weighted by atomic mass is 35.5. The molecule has 2 aliphatic heterocycles. The molecule has 1 aliphatic carbocycles. The van der Waals surface area contributed by atoms with Gasteiger partial charge < -0.3 is 25.0 Å². The van der Waals surface area contributed by atoms with Gasteiger partial charge in [0.15, 0.2) is 5.65 Å². The van der Waals surface area contributed by atoms with E-state index in [1.165, 1.54) is 17.9 Å². The zero-order chi connectivity index (χ0) is 37.9. The molecule has 2 aromatic carbocycles. The van der Waals surface area contributed by atoms with E-state index < -0.39 is 11.2 Å². The van der Waals surface area contributed by atoms with Gasteiger partial charge in [0.1, 0.15) is 17.5 Å². The number of carbonyl (C=O) groups is 1. The minimum atomic E-state index is -0.528. The van der Waals surface area contributed by atoms with E-state index in [0.717, 1.165) is 53.6 Å². The largest absolute Gasteiger partial charge is 0.481 e. The van der Waals surface area contributed by atoms with E-state index in [1.54, 1.807) is 27.3 Å². The van der Waals surface area contributed by atoms with Crippen molar-refractivity contribution in [1.29, 1.82) is 0 Å². The Bertz CT molecular complexity index is 2450. The number of rotatable bonds is 9. The Kier molecular flexibility index (Phi) is 9.33. The lowest BCUT2D eigenvalue weighted by atomic mass is 9.99. The number of likely N-dealkylation sites (tertiary alicyclic amines) is 1. The molecule has 0 radical (unpaired) electrons. The van der Waals surface area contributed by atoms with Crippen LogP contribution in [0, 0.1) is 0 Å². The number of ether oxygens (including phenoxy) is 2. The number of halogens is 2. The number of amides is 2. The van der Waals surface area contributed by atoms with Crippen molar-refractivity contribution in [3.8, 4) is 28.3 Å². The standard InChI is InChI=1S/C38H39Cl2N9O5/c1-46-33-29(35(50)47(2)37(46)52)32(41-20-42-33)43-25-10-6-8-23(31(25)40)22-7-5-9-24(30(22)39)26-17-21-11-12-27(28(21)34(44-26)54-4)48-14-13-38(18-48)19-49(15-16-53-3)36(51)45-38/h5-10,17,20,27H,11-16,18-19H2,1-4H3,(H,45,51)(H,41,42,43)/t27-,38-/m0/s1. The Balaban J connectivity index is 1.09. The molecule has 3 aromatic heterocycles. The van der Waals surface area contributed by atoms with Crippen molar-refractivity contribution in [1.82, 2.24) is 39.2 Å². The number of aryl methyl sites for hydroxylation is 2. The molecule has 5 heterocycles. The molecule has 16 heteroatoms. The van der Waals surface area contributed by atoms with Gasteiger partial charge in [-0.2, -0.15) is 0 Å². The lowest BCUT2D eigenvalue weighted by Crippen LogP contribution is -2.46. The summed E-state index contributed by atoms with van der Waals surface area (Å²) in [6.07, 6.45) is 3.93. The number of aromatic nitrogens is 5. The minimum absolute atomic E-state index is 0.0337. The van der Waals surface area contributed by atoms with Gasteiger partial charge >= 0.3 is 11.7 Å². The maximum absolute atomic E-state index is 13.2. The van der Waals surface area contributed by atoms with Crippen LogP contribution in [0.4, 0.5) is 16.3 Å². The number of benzene rings is 2. The maximum atomic E-state index is 13.2. The maximum Gasteiger partial charge on any atom is 0.332 e. The molecule has 0 unspecified atom stereocenters. The third kappa shape index (κ3) is 5.97. The quantitative estimate of drug-likeness (QED) is 0.212. The van der Waals surface area contributed by atoms with Crippen LogP contribution in [0.15, 0.2) is 58.4 Å². The third-order valence-corrected chi connectivity index (χ3v) is 11.7. The summed E-state index contributed by atoms with van der Waals surface area (Å²) < 4.78 is 13.5. The number of pyridine rings is 1. The molecular formula is C38H39Cl2N9O5. The van der Waals surface area contributed by atoms with Crippen molar-refractivity contribution in [2.24, 2.45) is 14.1 Å². The molecule has 3 aliphatic rings. The van der Waals surface area contributed by atoms with Gasteiger partial charge in [0.2, 0.25) is 5.88 Å². The number of methoxy groups -OCH3 is 2. The van der Waals surface area contributed by atoms with E-state index in [9.17, 15) is 14.4 Å². The number of urea groups is 1.